The minimum Gasteiger partial charge on any atom is -0.508 e. The summed E-state index contributed by atoms with van der Waals surface area (Å²) in [4.78, 5) is 14.6. The molecule has 0 unspecified atom stereocenters. The third-order valence-electron chi connectivity index (χ3n) is 5.98. The molecule has 160 valence electrons. The molecule has 0 aliphatic carbocycles. The van der Waals surface area contributed by atoms with E-state index in [9.17, 15) is 14.3 Å². The van der Waals surface area contributed by atoms with E-state index >= 15 is 0 Å². The Morgan fingerprint density at radius 3 is 2.35 bits per heavy atom. The average Bonchev–Trinajstić information content (AvgIpc) is 3.06. The van der Waals surface area contributed by atoms with E-state index in [-0.39, 0.29) is 17.5 Å². The number of phenols is 1. The van der Waals surface area contributed by atoms with Gasteiger partial charge in [0, 0.05) is 30.4 Å². The molecule has 0 radical (unpaired) electrons. The Morgan fingerprint density at radius 2 is 1.71 bits per heavy atom. The van der Waals surface area contributed by atoms with Gasteiger partial charge in [0.1, 0.15) is 11.6 Å². The summed E-state index contributed by atoms with van der Waals surface area (Å²) in [5.74, 6) is 0.393. The summed E-state index contributed by atoms with van der Waals surface area (Å²) in [7, 11) is 0. The summed E-state index contributed by atoms with van der Waals surface area (Å²) in [5, 5.41) is 14.0. The van der Waals surface area contributed by atoms with Gasteiger partial charge in [-0.2, -0.15) is 5.10 Å². The smallest absolute Gasteiger partial charge is 0.246 e. The summed E-state index contributed by atoms with van der Waals surface area (Å²) in [6.45, 7) is 5.26. The van der Waals surface area contributed by atoms with E-state index in [1.165, 1.54) is 17.7 Å². The zero-order valence-electron chi connectivity index (χ0n) is 17.8. The van der Waals surface area contributed by atoms with Gasteiger partial charge in [0.25, 0.3) is 0 Å². The minimum atomic E-state index is -0.287. The average molecular weight is 420 g/mol. The first-order valence-corrected chi connectivity index (χ1v) is 10.5. The highest BCUT2D eigenvalue weighted by Gasteiger charge is 2.23. The number of amides is 1. The number of halogens is 1. The van der Waals surface area contributed by atoms with Crippen molar-refractivity contribution in [3.8, 4) is 11.4 Å². The Labute approximate surface area is 181 Å². The molecule has 1 aromatic heterocycles. The molecule has 1 N–H and O–H groups in total. The fourth-order valence-corrected chi connectivity index (χ4v) is 4.17. The van der Waals surface area contributed by atoms with E-state index in [0.717, 1.165) is 35.5 Å². The normalized spacial score (nSPS) is 15.0. The van der Waals surface area contributed by atoms with Crippen molar-refractivity contribution in [2.24, 2.45) is 0 Å². The molecular formula is C25H26FN3O2. The quantitative estimate of drug-likeness (QED) is 0.621. The van der Waals surface area contributed by atoms with Gasteiger partial charge in [-0.05, 0) is 80.6 Å². The number of aromatic nitrogens is 2. The van der Waals surface area contributed by atoms with E-state index < -0.39 is 0 Å². The largest absolute Gasteiger partial charge is 0.508 e. The molecule has 4 rings (SSSR count). The van der Waals surface area contributed by atoms with Gasteiger partial charge in [0.15, 0.2) is 0 Å². The van der Waals surface area contributed by atoms with Crippen molar-refractivity contribution in [1.29, 1.82) is 0 Å². The first kappa shape index (κ1) is 20.8. The highest BCUT2D eigenvalue weighted by Crippen LogP contribution is 2.29. The summed E-state index contributed by atoms with van der Waals surface area (Å²) in [6, 6.07) is 13.5. The van der Waals surface area contributed by atoms with Gasteiger partial charge in [-0.1, -0.05) is 12.1 Å². The van der Waals surface area contributed by atoms with E-state index in [1.807, 2.05) is 37.0 Å². The van der Waals surface area contributed by atoms with Gasteiger partial charge in [-0.25, -0.2) is 9.07 Å². The van der Waals surface area contributed by atoms with Gasteiger partial charge < -0.3 is 10.0 Å². The van der Waals surface area contributed by atoms with Gasteiger partial charge in [-0.3, -0.25) is 4.79 Å². The molecule has 1 aliphatic rings. The highest BCUT2D eigenvalue weighted by molar-refractivity contribution is 5.92. The maximum absolute atomic E-state index is 13.2. The molecule has 6 heteroatoms. The van der Waals surface area contributed by atoms with Crippen molar-refractivity contribution < 1.29 is 14.3 Å². The number of carbonyl (C=O) groups excluding carboxylic acids is 1. The molecular weight excluding hydrogens is 393 g/mol. The fraction of sp³-hybridized carbons (Fsp3) is 0.280. The molecule has 0 spiro atoms. The summed E-state index contributed by atoms with van der Waals surface area (Å²) >= 11 is 0. The first-order valence-electron chi connectivity index (χ1n) is 10.5. The third kappa shape index (κ3) is 4.53. The van der Waals surface area contributed by atoms with E-state index in [0.29, 0.717) is 19.0 Å². The number of piperidine rings is 1. The monoisotopic (exact) mass is 419 g/mol. The van der Waals surface area contributed by atoms with Crippen molar-refractivity contribution in [1.82, 2.24) is 14.7 Å². The Kier molecular flexibility index (Phi) is 5.89. The molecule has 0 saturated carbocycles. The number of aromatic hydroxyl groups is 1. The predicted molar refractivity (Wildman–Crippen MR) is 119 cm³/mol. The van der Waals surface area contributed by atoms with Crippen LogP contribution in [0.4, 0.5) is 4.39 Å². The Hall–Kier alpha value is -3.41. The Morgan fingerprint density at radius 1 is 1.06 bits per heavy atom. The Balaban J connectivity index is 1.42. The lowest BCUT2D eigenvalue weighted by atomic mass is 9.89. The number of carbonyl (C=O) groups is 1. The molecule has 1 saturated heterocycles. The lowest BCUT2D eigenvalue weighted by molar-refractivity contribution is -0.126. The fourth-order valence-electron chi connectivity index (χ4n) is 4.17. The van der Waals surface area contributed by atoms with E-state index in [1.54, 1.807) is 35.0 Å². The Bertz CT molecular complexity index is 1090. The molecule has 0 atom stereocenters. The number of benzene rings is 2. The first-order chi connectivity index (χ1) is 14.9. The molecule has 1 fully saturated rings. The van der Waals surface area contributed by atoms with E-state index in [2.05, 4.69) is 5.10 Å². The molecule has 1 aliphatic heterocycles. The van der Waals surface area contributed by atoms with Crippen LogP contribution in [0.1, 0.15) is 41.3 Å². The second kappa shape index (κ2) is 8.76. The van der Waals surface area contributed by atoms with Crippen molar-refractivity contribution in [3.63, 3.8) is 0 Å². The minimum absolute atomic E-state index is 0.00233. The number of aryl methyl sites for hydroxylation is 1. The van der Waals surface area contributed by atoms with Crippen LogP contribution in [0, 0.1) is 19.7 Å². The third-order valence-corrected chi connectivity index (χ3v) is 5.98. The molecule has 1 amide bonds. The van der Waals surface area contributed by atoms with Crippen LogP contribution in [0.25, 0.3) is 11.8 Å². The number of phenolic OH excluding ortho intramolecular Hbond substituents is 1. The summed E-state index contributed by atoms with van der Waals surface area (Å²) in [6.07, 6.45) is 5.26. The standard InChI is InChI=1S/C25H26FN3O2/c1-17-24(18(2)29(27-17)22-7-5-21(26)6-8-22)11-12-25(31)28-15-13-20(14-16-28)19-3-9-23(30)10-4-19/h3-12,20,30H,13-16H2,1-2H3/b12-11+. The molecule has 31 heavy (non-hydrogen) atoms. The zero-order chi connectivity index (χ0) is 22.0. The van der Waals surface area contributed by atoms with Gasteiger partial charge in [-0.15, -0.1) is 0 Å². The van der Waals surface area contributed by atoms with Crippen molar-refractivity contribution in [2.75, 3.05) is 13.1 Å². The number of rotatable bonds is 4. The highest BCUT2D eigenvalue weighted by atomic mass is 19.1. The van der Waals surface area contributed by atoms with Crippen LogP contribution in [0.3, 0.4) is 0 Å². The maximum Gasteiger partial charge on any atom is 0.246 e. The SMILES string of the molecule is Cc1nn(-c2ccc(F)cc2)c(C)c1/C=C/C(=O)N1CCC(c2ccc(O)cc2)CC1. The second-order valence-electron chi connectivity index (χ2n) is 8.00. The van der Waals surface area contributed by atoms with Crippen molar-refractivity contribution in [2.45, 2.75) is 32.6 Å². The van der Waals surface area contributed by atoms with Gasteiger partial charge in [0.05, 0.1) is 11.4 Å². The number of hydrogen-bond acceptors (Lipinski definition) is 3. The number of hydrogen-bond donors (Lipinski definition) is 1. The van der Waals surface area contributed by atoms with Crippen LogP contribution in [0.2, 0.25) is 0 Å². The van der Waals surface area contributed by atoms with Crippen LogP contribution >= 0.6 is 0 Å². The van der Waals surface area contributed by atoms with Gasteiger partial charge >= 0.3 is 0 Å². The van der Waals surface area contributed by atoms with Crippen LogP contribution in [0.15, 0.2) is 54.6 Å². The molecule has 3 aromatic rings. The summed E-state index contributed by atoms with van der Waals surface area (Å²) in [5.41, 5.74) is 4.61. The summed E-state index contributed by atoms with van der Waals surface area (Å²) < 4.78 is 15.0. The predicted octanol–water partition coefficient (Wildman–Crippen LogP) is 4.75. The van der Waals surface area contributed by atoms with Crippen LogP contribution in [-0.2, 0) is 4.79 Å². The molecule has 0 bridgehead atoms. The van der Waals surface area contributed by atoms with Crippen LogP contribution < -0.4 is 0 Å². The zero-order valence-corrected chi connectivity index (χ0v) is 17.8. The maximum atomic E-state index is 13.2. The molecule has 2 heterocycles. The van der Waals surface area contributed by atoms with Crippen LogP contribution in [-0.4, -0.2) is 38.8 Å². The van der Waals surface area contributed by atoms with Gasteiger partial charge in [0.2, 0.25) is 5.91 Å². The number of nitrogens with zero attached hydrogens (tertiary/aromatic N) is 3. The lowest BCUT2D eigenvalue weighted by Gasteiger charge is -2.31. The second-order valence-corrected chi connectivity index (χ2v) is 8.00. The molecule has 5 nitrogen and oxygen atoms in total. The lowest BCUT2D eigenvalue weighted by Crippen LogP contribution is -2.36. The van der Waals surface area contributed by atoms with Crippen molar-refractivity contribution >= 4 is 12.0 Å². The van der Waals surface area contributed by atoms with Crippen LogP contribution in [0.5, 0.6) is 5.75 Å². The number of likely N-dealkylation sites (tertiary alicyclic amines) is 1. The topological polar surface area (TPSA) is 58.4 Å². The molecule has 2 aromatic carbocycles. The van der Waals surface area contributed by atoms with Crippen molar-refractivity contribution in [3.05, 3.63) is 82.9 Å². The van der Waals surface area contributed by atoms with E-state index in [4.69, 9.17) is 0 Å².